The zero-order valence-electron chi connectivity index (χ0n) is 9.92. The first-order valence-electron chi connectivity index (χ1n) is 5.99. The molecule has 1 heteroatoms. The maximum Gasteiger partial charge on any atom is 0.120 e. The Bertz CT molecular complexity index is 337. The van der Waals surface area contributed by atoms with Gasteiger partial charge in [0, 0.05) is 0 Å². The molecule has 0 saturated heterocycles. The fourth-order valence-electron chi connectivity index (χ4n) is 1.88. The van der Waals surface area contributed by atoms with E-state index in [0.29, 0.717) is 0 Å². The third kappa shape index (κ3) is 2.74. The summed E-state index contributed by atoms with van der Waals surface area (Å²) in [6.45, 7) is 6.36. The highest BCUT2D eigenvalue weighted by Gasteiger charge is 2.24. The van der Waals surface area contributed by atoms with Crippen molar-refractivity contribution in [1.29, 1.82) is 0 Å². The molecule has 0 radical (unpaired) electrons. The van der Waals surface area contributed by atoms with Crippen LogP contribution in [0.4, 0.5) is 0 Å². The summed E-state index contributed by atoms with van der Waals surface area (Å²) in [5, 5.41) is 0. The molecule has 1 fully saturated rings. The highest BCUT2D eigenvalue weighted by molar-refractivity contribution is 5.38. The number of hydrogen-bond donors (Lipinski definition) is 0. The Morgan fingerprint density at radius 3 is 2.53 bits per heavy atom. The minimum Gasteiger partial charge on any atom is -0.491 e. The van der Waals surface area contributed by atoms with Crippen LogP contribution in [0.3, 0.4) is 0 Å². The molecule has 0 aliphatic heterocycles. The van der Waals surface area contributed by atoms with Crippen molar-refractivity contribution in [3.8, 4) is 5.75 Å². The van der Waals surface area contributed by atoms with E-state index in [4.69, 9.17) is 4.74 Å². The van der Waals surface area contributed by atoms with E-state index >= 15 is 0 Å². The molecule has 1 saturated carbocycles. The third-order valence-electron chi connectivity index (χ3n) is 2.82. The zero-order valence-corrected chi connectivity index (χ0v) is 9.92. The molecular weight excluding hydrogens is 184 g/mol. The second-order valence-corrected chi connectivity index (χ2v) is 4.70. The first kappa shape index (κ1) is 10.5. The van der Waals surface area contributed by atoms with Crippen molar-refractivity contribution in [2.24, 2.45) is 0 Å². The number of hydrogen-bond acceptors (Lipinski definition) is 1. The zero-order chi connectivity index (χ0) is 10.8. The van der Waals surface area contributed by atoms with Gasteiger partial charge in [0.1, 0.15) is 5.75 Å². The van der Waals surface area contributed by atoms with Crippen LogP contribution in [-0.4, -0.2) is 6.10 Å². The quantitative estimate of drug-likeness (QED) is 0.722. The van der Waals surface area contributed by atoms with Crippen LogP contribution in [0.15, 0.2) is 18.2 Å². The summed E-state index contributed by atoms with van der Waals surface area (Å²) in [7, 11) is 0. The summed E-state index contributed by atoms with van der Waals surface area (Å²) in [6, 6.07) is 6.73. The first-order valence-corrected chi connectivity index (χ1v) is 5.99. The van der Waals surface area contributed by atoms with Crippen LogP contribution >= 0.6 is 0 Å². The van der Waals surface area contributed by atoms with E-state index < -0.39 is 0 Å². The molecule has 0 aromatic heterocycles. The monoisotopic (exact) mass is 204 g/mol. The SMILES string of the molecule is CCc1cc(OC(C)C)cc(C2CC2)c1. The van der Waals surface area contributed by atoms with Crippen LogP contribution in [0.5, 0.6) is 5.75 Å². The van der Waals surface area contributed by atoms with Gasteiger partial charge in [0.25, 0.3) is 0 Å². The molecule has 0 heterocycles. The van der Waals surface area contributed by atoms with Gasteiger partial charge in [-0.05, 0) is 62.3 Å². The lowest BCUT2D eigenvalue weighted by molar-refractivity contribution is 0.242. The summed E-state index contributed by atoms with van der Waals surface area (Å²) in [6.07, 6.45) is 4.07. The summed E-state index contributed by atoms with van der Waals surface area (Å²) < 4.78 is 5.78. The van der Waals surface area contributed by atoms with Crippen LogP contribution in [0.2, 0.25) is 0 Å². The Balaban J connectivity index is 2.24. The molecule has 1 aromatic carbocycles. The van der Waals surface area contributed by atoms with Crippen molar-refractivity contribution >= 4 is 0 Å². The summed E-state index contributed by atoms with van der Waals surface area (Å²) >= 11 is 0. The highest BCUT2D eigenvalue weighted by atomic mass is 16.5. The van der Waals surface area contributed by atoms with Gasteiger partial charge in [0.2, 0.25) is 0 Å². The van der Waals surface area contributed by atoms with Crippen molar-refractivity contribution < 1.29 is 4.74 Å². The Morgan fingerprint density at radius 2 is 2.00 bits per heavy atom. The van der Waals surface area contributed by atoms with Crippen LogP contribution in [0.1, 0.15) is 50.7 Å². The van der Waals surface area contributed by atoms with E-state index in [1.54, 1.807) is 0 Å². The molecule has 0 amide bonds. The summed E-state index contributed by atoms with van der Waals surface area (Å²) in [4.78, 5) is 0. The van der Waals surface area contributed by atoms with Gasteiger partial charge in [-0.1, -0.05) is 13.0 Å². The van der Waals surface area contributed by atoms with Crippen molar-refractivity contribution in [2.45, 2.75) is 52.1 Å². The van der Waals surface area contributed by atoms with E-state index in [1.807, 2.05) is 0 Å². The largest absolute Gasteiger partial charge is 0.491 e. The second kappa shape index (κ2) is 4.26. The van der Waals surface area contributed by atoms with Gasteiger partial charge in [0.15, 0.2) is 0 Å². The molecule has 0 spiro atoms. The average molecular weight is 204 g/mol. The molecule has 0 N–H and O–H groups in total. The molecule has 1 aliphatic rings. The van der Waals surface area contributed by atoms with Crippen molar-refractivity contribution in [3.63, 3.8) is 0 Å². The van der Waals surface area contributed by atoms with Gasteiger partial charge in [-0.15, -0.1) is 0 Å². The van der Waals surface area contributed by atoms with Crippen LogP contribution < -0.4 is 4.74 Å². The topological polar surface area (TPSA) is 9.23 Å². The normalized spacial score (nSPS) is 15.7. The fraction of sp³-hybridized carbons (Fsp3) is 0.571. The highest BCUT2D eigenvalue weighted by Crippen LogP contribution is 2.41. The molecule has 82 valence electrons. The van der Waals surface area contributed by atoms with Gasteiger partial charge < -0.3 is 4.74 Å². The predicted octanol–water partition coefficient (Wildman–Crippen LogP) is 3.91. The van der Waals surface area contributed by atoms with Gasteiger partial charge in [-0.2, -0.15) is 0 Å². The standard InChI is InChI=1S/C14H20O/c1-4-11-7-13(12-5-6-12)9-14(8-11)15-10(2)3/h7-10,12H,4-6H2,1-3H3. The van der Waals surface area contributed by atoms with Crippen molar-refractivity contribution in [1.82, 2.24) is 0 Å². The minimum absolute atomic E-state index is 0.268. The first-order chi connectivity index (χ1) is 7.19. The second-order valence-electron chi connectivity index (χ2n) is 4.70. The lowest BCUT2D eigenvalue weighted by Gasteiger charge is -2.12. The van der Waals surface area contributed by atoms with E-state index in [0.717, 1.165) is 18.1 Å². The van der Waals surface area contributed by atoms with Gasteiger partial charge in [-0.25, -0.2) is 0 Å². The molecule has 0 bridgehead atoms. The van der Waals surface area contributed by atoms with Crippen LogP contribution in [0, 0.1) is 0 Å². The Hall–Kier alpha value is -0.980. The number of ether oxygens (including phenoxy) is 1. The van der Waals surface area contributed by atoms with E-state index in [1.165, 1.54) is 24.0 Å². The Morgan fingerprint density at radius 1 is 1.27 bits per heavy atom. The average Bonchev–Trinajstić information content (AvgIpc) is 2.99. The van der Waals surface area contributed by atoms with Gasteiger partial charge in [-0.3, -0.25) is 0 Å². The third-order valence-corrected chi connectivity index (χ3v) is 2.82. The lowest BCUT2D eigenvalue weighted by Crippen LogP contribution is -2.06. The number of aryl methyl sites for hydroxylation is 1. The Kier molecular flexibility index (Phi) is 2.99. The molecule has 2 rings (SSSR count). The minimum atomic E-state index is 0.268. The van der Waals surface area contributed by atoms with E-state index in [9.17, 15) is 0 Å². The molecule has 0 atom stereocenters. The molecule has 15 heavy (non-hydrogen) atoms. The lowest BCUT2D eigenvalue weighted by atomic mass is 10.0. The predicted molar refractivity (Wildman–Crippen MR) is 63.6 cm³/mol. The molecule has 1 aliphatic carbocycles. The fourth-order valence-corrected chi connectivity index (χ4v) is 1.88. The number of rotatable bonds is 4. The molecule has 1 aromatic rings. The van der Waals surface area contributed by atoms with Gasteiger partial charge >= 0.3 is 0 Å². The number of benzene rings is 1. The van der Waals surface area contributed by atoms with Crippen molar-refractivity contribution in [3.05, 3.63) is 29.3 Å². The van der Waals surface area contributed by atoms with Crippen LogP contribution in [0.25, 0.3) is 0 Å². The molecule has 1 nitrogen and oxygen atoms in total. The maximum atomic E-state index is 5.78. The maximum absolute atomic E-state index is 5.78. The summed E-state index contributed by atoms with van der Waals surface area (Å²) in [5.74, 6) is 1.86. The Labute approximate surface area is 92.5 Å². The smallest absolute Gasteiger partial charge is 0.120 e. The molecular formula is C14H20O. The van der Waals surface area contributed by atoms with Gasteiger partial charge in [0.05, 0.1) is 6.10 Å². The van der Waals surface area contributed by atoms with E-state index in [-0.39, 0.29) is 6.10 Å². The summed E-state index contributed by atoms with van der Waals surface area (Å²) in [5.41, 5.74) is 2.88. The van der Waals surface area contributed by atoms with E-state index in [2.05, 4.69) is 39.0 Å². The van der Waals surface area contributed by atoms with Crippen LogP contribution in [-0.2, 0) is 6.42 Å². The molecule has 0 unspecified atom stereocenters. The van der Waals surface area contributed by atoms with Crippen molar-refractivity contribution in [2.75, 3.05) is 0 Å².